The predicted octanol–water partition coefficient (Wildman–Crippen LogP) is 3.64. The van der Waals surface area contributed by atoms with Gasteiger partial charge >= 0.3 is 0 Å². The third-order valence-corrected chi connectivity index (χ3v) is 6.05. The van der Waals surface area contributed by atoms with Crippen LogP contribution in [0.25, 0.3) is 0 Å². The Kier molecular flexibility index (Phi) is 5.46. The fourth-order valence-corrected chi connectivity index (χ4v) is 4.04. The molecular formula is C19H20F2N2O3S. The van der Waals surface area contributed by atoms with E-state index in [2.05, 4.69) is 6.92 Å². The zero-order chi connectivity index (χ0) is 19.6. The molecule has 1 fully saturated rings. The Morgan fingerprint density at radius 3 is 2.15 bits per heavy atom. The predicted molar refractivity (Wildman–Crippen MR) is 97.9 cm³/mol. The highest BCUT2D eigenvalue weighted by Gasteiger charge is 2.23. The number of halogens is 2. The van der Waals surface area contributed by atoms with Crippen LogP contribution in [0, 0.1) is 17.6 Å². The first-order valence-corrected chi connectivity index (χ1v) is 10.1. The Morgan fingerprint density at radius 1 is 1.04 bits per heavy atom. The van der Waals surface area contributed by atoms with Crippen LogP contribution in [0.5, 0.6) is 0 Å². The van der Waals surface area contributed by atoms with E-state index >= 15 is 0 Å². The van der Waals surface area contributed by atoms with Crippen molar-refractivity contribution in [3.8, 4) is 0 Å². The second kappa shape index (κ2) is 7.64. The molecule has 27 heavy (non-hydrogen) atoms. The number of rotatable bonds is 4. The SMILES string of the molecule is CC1CCN(C(=O)c2ccc(S(=O)(=O)Nc3c(F)cccc3F)cc2)CC1. The third kappa shape index (κ3) is 4.27. The summed E-state index contributed by atoms with van der Waals surface area (Å²) in [5.74, 6) is -1.58. The van der Waals surface area contributed by atoms with Crippen molar-refractivity contribution in [1.29, 1.82) is 0 Å². The van der Waals surface area contributed by atoms with E-state index in [1.165, 1.54) is 24.3 Å². The molecule has 1 N–H and O–H groups in total. The van der Waals surface area contributed by atoms with Crippen LogP contribution in [0.15, 0.2) is 47.4 Å². The zero-order valence-electron chi connectivity index (χ0n) is 14.8. The summed E-state index contributed by atoms with van der Waals surface area (Å²) in [6.45, 7) is 3.50. The average Bonchev–Trinajstić information content (AvgIpc) is 2.65. The van der Waals surface area contributed by atoms with E-state index in [9.17, 15) is 22.0 Å². The first kappa shape index (κ1) is 19.3. The van der Waals surface area contributed by atoms with E-state index in [-0.39, 0.29) is 10.8 Å². The summed E-state index contributed by atoms with van der Waals surface area (Å²) in [5.41, 5.74) is -0.360. The number of piperidine rings is 1. The van der Waals surface area contributed by atoms with Crippen LogP contribution < -0.4 is 4.72 Å². The Hall–Kier alpha value is -2.48. The molecule has 1 amide bonds. The highest BCUT2D eigenvalue weighted by molar-refractivity contribution is 7.92. The first-order valence-electron chi connectivity index (χ1n) is 8.64. The number of carbonyl (C=O) groups excluding carboxylic acids is 1. The number of nitrogens with zero attached hydrogens (tertiary/aromatic N) is 1. The molecule has 2 aromatic rings. The number of amides is 1. The number of likely N-dealkylation sites (tertiary alicyclic amines) is 1. The fourth-order valence-electron chi connectivity index (χ4n) is 2.96. The van der Waals surface area contributed by atoms with Crippen LogP contribution in [0.1, 0.15) is 30.1 Å². The Morgan fingerprint density at radius 2 is 1.59 bits per heavy atom. The van der Waals surface area contributed by atoms with Gasteiger partial charge in [-0.05, 0) is 55.2 Å². The van der Waals surface area contributed by atoms with Crippen molar-refractivity contribution in [3.05, 3.63) is 59.7 Å². The molecule has 144 valence electrons. The van der Waals surface area contributed by atoms with E-state index in [0.717, 1.165) is 31.0 Å². The molecule has 3 rings (SSSR count). The van der Waals surface area contributed by atoms with Gasteiger partial charge in [0.1, 0.15) is 17.3 Å². The third-order valence-electron chi connectivity index (χ3n) is 4.68. The molecule has 1 aliphatic rings. The first-order chi connectivity index (χ1) is 12.8. The minimum Gasteiger partial charge on any atom is -0.339 e. The van der Waals surface area contributed by atoms with Gasteiger partial charge in [0.25, 0.3) is 15.9 Å². The Balaban J connectivity index is 1.77. The number of hydrogen-bond donors (Lipinski definition) is 1. The lowest BCUT2D eigenvalue weighted by molar-refractivity contribution is 0.0697. The summed E-state index contributed by atoms with van der Waals surface area (Å²) in [7, 11) is -4.19. The van der Waals surface area contributed by atoms with Gasteiger partial charge in [0.2, 0.25) is 0 Å². The van der Waals surface area contributed by atoms with E-state index in [1.807, 2.05) is 4.72 Å². The van der Waals surface area contributed by atoms with Crippen LogP contribution in [0.3, 0.4) is 0 Å². The maximum atomic E-state index is 13.7. The number of para-hydroxylation sites is 1. The zero-order valence-corrected chi connectivity index (χ0v) is 15.6. The van der Waals surface area contributed by atoms with E-state index in [1.54, 1.807) is 4.90 Å². The van der Waals surface area contributed by atoms with Crippen molar-refractivity contribution in [2.75, 3.05) is 17.8 Å². The van der Waals surface area contributed by atoms with Crippen molar-refractivity contribution in [2.45, 2.75) is 24.7 Å². The standard InChI is InChI=1S/C19H20F2N2O3S/c1-13-9-11-23(12-10-13)19(24)14-5-7-15(8-6-14)27(25,26)22-18-16(20)3-2-4-17(18)21/h2-8,13,22H,9-12H2,1H3. The normalized spacial score (nSPS) is 15.6. The van der Waals surface area contributed by atoms with Crippen LogP contribution in [0.4, 0.5) is 14.5 Å². The summed E-state index contributed by atoms with van der Waals surface area (Å²) >= 11 is 0. The summed E-state index contributed by atoms with van der Waals surface area (Å²) in [4.78, 5) is 14.1. The molecule has 0 atom stereocenters. The molecule has 1 saturated heterocycles. The quantitative estimate of drug-likeness (QED) is 0.861. The van der Waals surface area contributed by atoms with Gasteiger partial charge in [-0.15, -0.1) is 0 Å². The maximum absolute atomic E-state index is 13.7. The molecule has 0 saturated carbocycles. The topological polar surface area (TPSA) is 66.5 Å². The molecular weight excluding hydrogens is 374 g/mol. The molecule has 5 nitrogen and oxygen atoms in total. The summed E-state index contributed by atoms with van der Waals surface area (Å²) < 4.78 is 54.1. The lowest BCUT2D eigenvalue weighted by Crippen LogP contribution is -2.37. The van der Waals surface area contributed by atoms with Gasteiger partial charge in [0.05, 0.1) is 4.90 Å². The molecule has 0 radical (unpaired) electrons. The summed E-state index contributed by atoms with van der Waals surface area (Å²) in [6.07, 6.45) is 1.88. The van der Waals surface area contributed by atoms with Crippen LogP contribution >= 0.6 is 0 Å². The van der Waals surface area contributed by atoms with Gasteiger partial charge in [-0.1, -0.05) is 13.0 Å². The Labute approximate surface area is 157 Å². The highest BCUT2D eigenvalue weighted by Crippen LogP contribution is 2.23. The summed E-state index contributed by atoms with van der Waals surface area (Å²) in [6, 6.07) is 8.38. The number of anilines is 1. The van der Waals surface area contributed by atoms with Crippen molar-refractivity contribution in [1.82, 2.24) is 4.90 Å². The molecule has 0 bridgehead atoms. The van der Waals surface area contributed by atoms with Gasteiger partial charge in [-0.25, -0.2) is 17.2 Å². The van der Waals surface area contributed by atoms with Crippen LogP contribution in [0.2, 0.25) is 0 Å². The molecule has 0 spiro atoms. The second-order valence-corrected chi connectivity index (χ2v) is 8.38. The van der Waals surface area contributed by atoms with Crippen molar-refractivity contribution in [2.24, 2.45) is 5.92 Å². The lowest BCUT2D eigenvalue weighted by Gasteiger charge is -2.30. The number of carbonyl (C=O) groups is 1. The second-order valence-electron chi connectivity index (χ2n) is 6.70. The molecule has 1 aliphatic heterocycles. The molecule has 0 aromatic heterocycles. The van der Waals surface area contributed by atoms with Gasteiger partial charge in [-0.2, -0.15) is 0 Å². The van der Waals surface area contributed by atoms with Gasteiger partial charge < -0.3 is 4.90 Å². The Bertz CT molecular complexity index is 918. The number of hydrogen-bond acceptors (Lipinski definition) is 3. The number of benzene rings is 2. The molecule has 0 unspecified atom stereocenters. The van der Waals surface area contributed by atoms with Gasteiger partial charge in [0, 0.05) is 18.7 Å². The largest absolute Gasteiger partial charge is 0.339 e. The molecule has 1 heterocycles. The molecule has 0 aliphatic carbocycles. The van der Waals surface area contributed by atoms with E-state index in [4.69, 9.17) is 0 Å². The van der Waals surface area contributed by atoms with Crippen LogP contribution in [-0.2, 0) is 10.0 Å². The van der Waals surface area contributed by atoms with Gasteiger partial charge in [-0.3, -0.25) is 9.52 Å². The monoisotopic (exact) mass is 394 g/mol. The fraction of sp³-hybridized carbons (Fsp3) is 0.316. The minimum absolute atomic E-state index is 0.154. The smallest absolute Gasteiger partial charge is 0.262 e. The number of nitrogens with one attached hydrogen (secondary N) is 1. The van der Waals surface area contributed by atoms with Gasteiger partial charge in [0.15, 0.2) is 0 Å². The molecule has 8 heteroatoms. The highest BCUT2D eigenvalue weighted by atomic mass is 32.2. The van der Waals surface area contributed by atoms with Crippen molar-refractivity contribution >= 4 is 21.6 Å². The van der Waals surface area contributed by atoms with E-state index < -0.39 is 27.3 Å². The van der Waals surface area contributed by atoms with Crippen molar-refractivity contribution < 1.29 is 22.0 Å². The van der Waals surface area contributed by atoms with Crippen LogP contribution in [-0.4, -0.2) is 32.3 Å². The maximum Gasteiger partial charge on any atom is 0.262 e. The lowest BCUT2D eigenvalue weighted by atomic mass is 9.98. The van der Waals surface area contributed by atoms with Crippen molar-refractivity contribution in [3.63, 3.8) is 0 Å². The molecule has 2 aromatic carbocycles. The average molecular weight is 394 g/mol. The number of sulfonamides is 1. The minimum atomic E-state index is -4.19. The van der Waals surface area contributed by atoms with E-state index in [0.29, 0.717) is 24.6 Å². The summed E-state index contributed by atoms with van der Waals surface area (Å²) in [5, 5.41) is 0.